The van der Waals surface area contributed by atoms with Crippen LogP contribution < -0.4 is 11.1 Å². The Morgan fingerprint density at radius 2 is 2.21 bits per heavy atom. The van der Waals surface area contributed by atoms with Gasteiger partial charge in [0, 0.05) is 0 Å². The highest BCUT2D eigenvalue weighted by Crippen LogP contribution is 2.22. The lowest BCUT2D eigenvalue weighted by Crippen LogP contribution is -2.29. The Morgan fingerprint density at radius 3 is 2.86 bits per heavy atom. The predicted octanol–water partition coefficient (Wildman–Crippen LogP) is 1.26. The first-order valence-electron chi connectivity index (χ1n) is 4.81. The van der Waals surface area contributed by atoms with Crippen LogP contribution in [0.3, 0.4) is 0 Å². The Bertz CT molecular complexity index is 382. The Kier molecular flexibility index (Phi) is 2.15. The van der Waals surface area contributed by atoms with Gasteiger partial charge in [-0.25, -0.2) is 0 Å². The summed E-state index contributed by atoms with van der Waals surface area (Å²) in [6.45, 7) is 5.01. The molecule has 1 aliphatic rings. The molecule has 3 nitrogen and oxygen atoms in total. The van der Waals surface area contributed by atoms with Gasteiger partial charge in [-0.3, -0.25) is 4.99 Å². The summed E-state index contributed by atoms with van der Waals surface area (Å²) in [7, 11) is 0. The zero-order chi connectivity index (χ0) is 10.1. The molecule has 3 N–H and O–H groups in total. The van der Waals surface area contributed by atoms with Gasteiger partial charge in [0.05, 0.1) is 12.6 Å². The van der Waals surface area contributed by atoms with Crippen LogP contribution in [0.25, 0.3) is 0 Å². The number of nitrogens with zero attached hydrogens (tertiary/aromatic N) is 1. The zero-order valence-corrected chi connectivity index (χ0v) is 8.54. The molecule has 0 bridgehead atoms. The number of hydrogen-bond donors (Lipinski definition) is 2. The molecule has 1 aromatic carbocycles. The minimum Gasteiger partial charge on any atom is -0.370 e. The average molecular weight is 189 g/mol. The quantitative estimate of drug-likeness (QED) is 0.698. The van der Waals surface area contributed by atoms with Crippen molar-refractivity contribution in [2.45, 2.75) is 19.9 Å². The van der Waals surface area contributed by atoms with Gasteiger partial charge in [0.1, 0.15) is 0 Å². The lowest BCUT2D eigenvalue weighted by molar-refractivity contribution is 0.701. The van der Waals surface area contributed by atoms with Crippen molar-refractivity contribution in [3.63, 3.8) is 0 Å². The molecule has 0 fully saturated rings. The van der Waals surface area contributed by atoms with Crippen molar-refractivity contribution >= 4 is 5.96 Å². The van der Waals surface area contributed by atoms with Gasteiger partial charge in [0.15, 0.2) is 5.96 Å². The topological polar surface area (TPSA) is 50.4 Å². The lowest BCUT2D eigenvalue weighted by atomic mass is 9.98. The first-order valence-corrected chi connectivity index (χ1v) is 4.81. The number of guanidine groups is 1. The second kappa shape index (κ2) is 3.33. The van der Waals surface area contributed by atoms with E-state index < -0.39 is 0 Å². The molecule has 1 heterocycles. The van der Waals surface area contributed by atoms with Gasteiger partial charge in [-0.1, -0.05) is 18.2 Å². The summed E-state index contributed by atoms with van der Waals surface area (Å²) in [6.07, 6.45) is 0. The molecule has 0 aliphatic carbocycles. The summed E-state index contributed by atoms with van der Waals surface area (Å²) in [4.78, 5) is 4.15. The second-order valence-corrected chi connectivity index (χ2v) is 3.71. The molecule has 1 aliphatic heterocycles. The van der Waals surface area contributed by atoms with Crippen LogP contribution >= 0.6 is 0 Å². The van der Waals surface area contributed by atoms with E-state index in [0.29, 0.717) is 5.96 Å². The summed E-state index contributed by atoms with van der Waals surface area (Å²) in [5.41, 5.74) is 9.53. The third kappa shape index (κ3) is 1.45. The number of benzene rings is 1. The highest BCUT2D eigenvalue weighted by molar-refractivity contribution is 5.80. The molecule has 0 radical (unpaired) electrons. The van der Waals surface area contributed by atoms with Crippen molar-refractivity contribution in [2.75, 3.05) is 6.54 Å². The Morgan fingerprint density at radius 1 is 1.43 bits per heavy atom. The Labute approximate surface area is 84.0 Å². The molecule has 1 atom stereocenters. The number of nitrogens with two attached hydrogens (primary N) is 1. The van der Waals surface area contributed by atoms with Crippen LogP contribution in [0.15, 0.2) is 23.2 Å². The number of aryl methyl sites for hydroxylation is 1. The molecule has 0 aromatic heterocycles. The molecule has 74 valence electrons. The maximum atomic E-state index is 5.59. The SMILES string of the molecule is Cc1cccc(C2CN=C(N)N2)c1C. The number of rotatable bonds is 1. The molecular formula is C11H15N3. The van der Waals surface area contributed by atoms with E-state index in [4.69, 9.17) is 5.73 Å². The molecule has 1 unspecified atom stereocenters. The van der Waals surface area contributed by atoms with Crippen molar-refractivity contribution in [1.82, 2.24) is 5.32 Å². The van der Waals surface area contributed by atoms with Crippen LogP contribution in [0.5, 0.6) is 0 Å². The van der Waals surface area contributed by atoms with E-state index in [9.17, 15) is 0 Å². The largest absolute Gasteiger partial charge is 0.370 e. The Balaban J connectivity index is 2.30. The van der Waals surface area contributed by atoms with Crippen LogP contribution in [0.1, 0.15) is 22.7 Å². The third-order valence-electron chi connectivity index (χ3n) is 2.79. The first-order chi connectivity index (χ1) is 6.68. The fraction of sp³-hybridized carbons (Fsp3) is 0.364. The van der Waals surface area contributed by atoms with Gasteiger partial charge < -0.3 is 11.1 Å². The highest BCUT2D eigenvalue weighted by atomic mass is 15.2. The van der Waals surface area contributed by atoms with Gasteiger partial charge in [-0.15, -0.1) is 0 Å². The van der Waals surface area contributed by atoms with Crippen molar-refractivity contribution in [3.05, 3.63) is 34.9 Å². The Hall–Kier alpha value is -1.51. The molecule has 14 heavy (non-hydrogen) atoms. The maximum Gasteiger partial charge on any atom is 0.189 e. The van der Waals surface area contributed by atoms with E-state index in [-0.39, 0.29) is 6.04 Å². The van der Waals surface area contributed by atoms with Crippen molar-refractivity contribution in [1.29, 1.82) is 0 Å². The van der Waals surface area contributed by atoms with Crippen molar-refractivity contribution in [3.8, 4) is 0 Å². The number of aliphatic imine (C=N–C) groups is 1. The molecule has 0 spiro atoms. The van der Waals surface area contributed by atoms with E-state index in [1.807, 2.05) is 0 Å². The maximum absolute atomic E-state index is 5.59. The minimum absolute atomic E-state index is 0.259. The minimum atomic E-state index is 0.259. The molecule has 0 saturated heterocycles. The van der Waals surface area contributed by atoms with Gasteiger partial charge in [-0.05, 0) is 30.5 Å². The summed E-state index contributed by atoms with van der Waals surface area (Å²) >= 11 is 0. The molecule has 1 aromatic rings. The predicted molar refractivity (Wildman–Crippen MR) is 58.3 cm³/mol. The summed E-state index contributed by atoms with van der Waals surface area (Å²) < 4.78 is 0. The molecule has 3 heteroatoms. The normalized spacial score (nSPS) is 20.4. The number of hydrogen-bond acceptors (Lipinski definition) is 3. The van der Waals surface area contributed by atoms with Crippen LogP contribution in [0, 0.1) is 13.8 Å². The van der Waals surface area contributed by atoms with Gasteiger partial charge in [-0.2, -0.15) is 0 Å². The van der Waals surface area contributed by atoms with Gasteiger partial charge >= 0.3 is 0 Å². The number of nitrogens with one attached hydrogen (secondary N) is 1. The van der Waals surface area contributed by atoms with Gasteiger partial charge in [0.25, 0.3) is 0 Å². The molecular weight excluding hydrogens is 174 g/mol. The van der Waals surface area contributed by atoms with E-state index in [1.54, 1.807) is 0 Å². The first kappa shape index (κ1) is 9.06. The van der Waals surface area contributed by atoms with Crippen molar-refractivity contribution in [2.24, 2.45) is 10.7 Å². The molecule has 0 amide bonds. The highest BCUT2D eigenvalue weighted by Gasteiger charge is 2.18. The van der Waals surface area contributed by atoms with Crippen LogP contribution in [-0.2, 0) is 0 Å². The standard InChI is InChI=1S/C11H15N3/c1-7-4-3-5-9(8(7)2)10-6-13-11(12)14-10/h3-5,10H,6H2,1-2H3,(H3,12,13,14). The lowest BCUT2D eigenvalue weighted by Gasteiger charge is -2.15. The summed E-state index contributed by atoms with van der Waals surface area (Å²) in [5.74, 6) is 0.552. The fourth-order valence-corrected chi connectivity index (χ4v) is 1.79. The fourth-order valence-electron chi connectivity index (χ4n) is 1.79. The monoisotopic (exact) mass is 189 g/mol. The molecule has 0 saturated carbocycles. The van der Waals surface area contributed by atoms with Gasteiger partial charge in [0.2, 0.25) is 0 Å². The average Bonchev–Trinajstić information content (AvgIpc) is 2.57. The van der Waals surface area contributed by atoms with Crippen LogP contribution in [0.2, 0.25) is 0 Å². The van der Waals surface area contributed by atoms with E-state index in [2.05, 4.69) is 42.4 Å². The van der Waals surface area contributed by atoms with Crippen molar-refractivity contribution < 1.29 is 0 Å². The zero-order valence-electron chi connectivity index (χ0n) is 8.54. The molecule has 2 rings (SSSR count). The van der Waals surface area contributed by atoms with E-state index in [0.717, 1.165) is 6.54 Å². The summed E-state index contributed by atoms with van der Waals surface area (Å²) in [5, 5.41) is 3.17. The van der Waals surface area contributed by atoms with Crippen LogP contribution in [0.4, 0.5) is 0 Å². The van der Waals surface area contributed by atoms with E-state index in [1.165, 1.54) is 16.7 Å². The van der Waals surface area contributed by atoms with Crippen LogP contribution in [-0.4, -0.2) is 12.5 Å². The second-order valence-electron chi connectivity index (χ2n) is 3.71. The third-order valence-corrected chi connectivity index (χ3v) is 2.79. The smallest absolute Gasteiger partial charge is 0.189 e. The summed E-state index contributed by atoms with van der Waals surface area (Å²) in [6, 6.07) is 6.59. The van der Waals surface area contributed by atoms with E-state index >= 15 is 0 Å².